The van der Waals surface area contributed by atoms with Gasteiger partial charge in [-0.2, -0.15) is 0 Å². The van der Waals surface area contributed by atoms with Gasteiger partial charge >= 0.3 is 0 Å². The summed E-state index contributed by atoms with van der Waals surface area (Å²) in [6.07, 6.45) is 0. The Morgan fingerprint density at radius 2 is 1.67 bits per heavy atom. The van der Waals surface area contributed by atoms with E-state index >= 15 is 0 Å². The lowest BCUT2D eigenvalue weighted by atomic mass is 9.84. The molecule has 0 unspecified atom stereocenters. The Labute approximate surface area is 170 Å². The molecule has 0 spiro atoms. The first-order chi connectivity index (χ1) is 12.4. The summed E-state index contributed by atoms with van der Waals surface area (Å²) in [4.78, 5) is 12.6. The topological polar surface area (TPSA) is 66.5 Å². The molecule has 0 radical (unpaired) electrons. The number of amides is 1. The molecule has 0 heterocycles. The van der Waals surface area contributed by atoms with E-state index in [2.05, 4.69) is 5.32 Å². The fourth-order valence-electron chi connectivity index (χ4n) is 2.45. The van der Waals surface area contributed by atoms with Gasteiger partial charge in [-0.3, -0.25) is 4.79 Å². The van der Waals surface area contributed by atoms with Gasteiger partial charge in [0.15, 0.2) is 0 Å². The van der Waals surface area contributed by atoms with Crippen molar-refractivity contribution < 1.29 is 13.2 Å². The van der Waals surface area contributed by atoms with Crippen LogP contribution in [0.15, 0.2) is 47.4 Å². The van der Waals surface area contributed by atoms with Gasteiger partial charge in [-0.1, -0.05) is 49.2 Å². The minimum Gasteiger partial charge on any atom is -0.351 e. The molecule has 27 heavy (non-hydrogen) atoms. The van der Waals surface area contributed by atoms with Crippen LogP contribution < -0.4 is 5.32 Å². The van der Waals surface area contributed by atoms with E-state index in [0.717, 1.165) is 9.87 Å². The number of sulfonamides is 1. The molecule has 0 aromatic heterocycles. The summed E-state index contributed by atoms with van der Waals surface area (Å²) in [6, 6.07) is 11.5. The Balaban J connectivity index is 2.22. The van der Waals surface area contributed by atoms with Gasteiger partial charge in [-0.05, 0) is 35.9 Å². The zero-order valence-electron chi connectivity index (χ0n) is 15.6. The zero-order chi connectivity index (χ0) is 20.4. The molecule has 2 aromatic rings. The molecular formula is C19H22Cl2N2O3S. The number of nitrogens with zero attached hydrogens (tertiary/aromatic N) is 1. The van der Waals surface area contributed by atoms with Gasteiger partial charge in [-0.25, -0.2) is 12.7 Å². The molecule has 0 aliphatic rings. The molecule has 0 bridgehead atoms. The minimum atomic E-state index is -3.66. The maximum atomic E-state index is 12.6. The normalized spacial score (nSPS) is 12.3. The van der Waals surface area contributed by atoms with E-state index in [1.165, 1.54) is 32.3 Å². The molecule has 8 heteroatoms. The third-order valence-corrected chi connectivity index (χ3v) is 6.67. The Kier molecular flexibility index (Phi) is 6.58. The molecule has 146 valence electrons. The number of nitrogens with one attached hydrogen (secondary N) is 1. The predicted octanol–water partition coefficient (Wildman–Crippen LogP) is 3.95. The fourth-order valence-corrected chi connectivity index (χ4v) is 3.71. The van der Waals surface area contributed by atoms with Gasteiger partial charge in [0.25, 0.3) is 5.91 Å². The van der Waals surface area contributed by atoms with E-state index in [9.17, 15) is 13.2 Å². The smallest absolute Gasteiger partial charge is 0.252 e. The zero-order valence-corrected chi connectivity index (χ0v) is 17.9. The Morgan fingerprint density at radius 3 is 2.22 bits per heavy atom. The number of halogens is 2. The van der Waals surface area contributed by atoms with Crippen LogP contribution in [0.3, 0.4) is 0 Å². The Hall–Kier alpha value is -1.60. The first-order valence-electron chi connectivity index (χ1n) is 8.21. The molecule has 0 saturated carbocycles. The molecular weight excluding hydrogens is 407 g/mol. The number of hydrogen-bond acceptors (Lipinski definition) is 3. The van der Waals surface area contributed by atoms with Crippen molar-refractivity contribution in [3.63, 3.8) is 0 Å². The van der Waals surface area contributed by atoms with Gasteiger partial charge in [0.2, 0.25) is 10.0 Å². The van der Waals surface area contributed by atoms with Crippen LogP contribution >= 0.6 is 23.2 Å². The predicted molar refractivity (Wildman–Crippen MR) is 109 cm³/mol. The SMILES string of the molecule is CN(C)S(=O)(=O)c1ccc(Cl)c(C(=O)NCC(C)(C)c2ccc(Cl)cc2)c1. The monoisotopic (exact) mass is 428 g/mol. The minimum absolute atomic E-state index is 0.0130. The third kappa shape index (κ3) is 5.02. The van der Waals surface area contributed by atoms with Crippen molar-refractivity contribution in [2.24, 2.45) is 0 Å². The average molecular weight is 429 g/mol. The highest BCUT2D eigenvalue weighted by Gasteiger charge is 2.24. The second-order valence-corrected chi connectivity index (χ2v) is 10.00. The second kappa shape index (κ2) is 8.19. The highest BCUT2D eigenvalue weighted by molar-refractivity contribution is 7.89. The first-order valence-corrected chi connectivity index (χ1v) is 10.4. The van der Waals surface area contributed by atoms with Crippen LogP contribution in [-0.4, -0.2) is 39.3 Å². The highest BCUT2D eigenvalue weighted by atomic mass is 35.5. The summed E-state index contributed by atoms with van der Waals surface area (Å²) < 4.78 is 25.7. The first kappa shape index (κ1) is 21.7. The van der Waals surface area contributed by atoms with Gasteiger partial charge in [0.05, 0.1) is 15.5 Å². The van der Waals surface area contributed by atoms with Gasteiger partial charge < -0.3 is 5.32 Å². The molecule has 1 N–H and O–H groups in total. The summed E-state index contributed by atoms with van der Waals surface area (Å²) >= 11 is 12.0. The molecule has 0 saturated heterocycles. The molecule has 5 nitrogen and oxygen atoms in total. The van der Waals surface area contributed by atoms with E-state index in [1.807, 2.05) is 26.0 Å². The number of benzene rings is 2. The van der Waals surface area contributed by atoms with Crippen LogP contribution in [-0.2, 0) is 15.4 Å². The molecule has 2 rings (SSSR count). The van der Waals surface area contributed by atoms with Crippen LogP contribution in [0, 0.1) is 0 Å². The van der Waals surface area contributed by atoms with Gasteiger partial charge in [-0.15, -0.1) is 0 Å². The second-order valence-electron chi connectivity index (χ2n) is 7.00. The van der Waals surface area contributed by atoms with Crippen LogP contribution in [0.25, 0.3) is 0 Å². The maximum absolute atomic E-state index is 12.6. The number of hydrogen-bond donors (Lipinski definition) is 1. The standard InChI is InChI=1S/C19H22Cl2N2O3S/c1-19(2,13-5-7-14(20)8-6-13)12-22-18(24)16-11-15(9-10-17(16)21)27(25,26)23(3)4/h5-11H,12H2,1-4H3,(H,22,24). The van der Waals surface area contributed by atoms with Crippen molar-refractivity contribution in [2.75, 3.05) is 20.6 Å². The van der Waals surface area contributed by atoms with E-state index in [1.54, 1.807) is 12.1 Å². The average Bonchev–Trinajstić information content (AvgIpc) is 2.60. The molecule has 0 fully saturated rings. The van der Waals surface area contributed by atoms with E-state index < -0.39 is 15.9 Å². The van der Waals surface area contributed by atoms with E-state index in [0.29, 0.717) is 11.6 Å². The molecule has 0 atom stereocenters. The van der Waals surface area contributed by atoms with Crippen molar-refractivity contribution in [3.8, 4) is 0 Å². The summed E-state index contributed by atoms with van der Waals surface area (Å²) in [5.74, 6) is -0.433. The molecule has 1 amide bonds. The third-order valence-electron chi connectivity index (χ3n) is 4.28. The summed E-state index contributed by atoms with van der Waals surface area (Å²) in [5, 5.41) is 3.67. The van der Waals surface area contributed by atoms with Crippen molar-refractivity contribution in [1.82, 2.24) is 9.62 Å². The number of carbonyl (C=O) groups is 1. The van der Waals surface area contributed by atoms with E-state index in [4.69, 9.17) is 23.2 Å². The lowest BCUT2D eigenvalue weighted by Crippen LogP contribution is -2.36. The van der Waals surface area contributed by atoms with Crippen molar-refractivity contribution in [1.29, 1.82) is 0 Å². The molecule has 2 aromatic carbocycles. The van der Waals surface area contributed by atoms with Crippen LogP contribution in [0.2, 0.25) is 10.0 Å². The number of rotatable bonds is 6. The van der Waals surface area contributed by atoms with Crippen LogP contribution in [0.5, 0.6) is 0 Å². The molecule has 0 aliphatic carbocycles. The number of carbonyl (C=O) groups excluding carboxylic acids is 1. The Morgan fingerprint density at radius 1 is 1.07 bits per heavy atom. The summed E-state index contributed by atoms with van der Waals surface area (Å²) in [6.45, 7) is 4.32. The largest absolute Gasteiger partial charge is 0.351 e. The summed E-state index contributed by atoms with van der Waals surface area (Å²) in [5.41, 5.74) is 0.786. The quantitative estimate of drug-likeness (QED) is 0.756. The van der Waals surface area contributed by atoms with E-state index in [-0.39, 0.29) is 20.9 Å². The van der Waals surface area contributed by atoms with Crippen molar-refractivity contribution >= 4 is 39.1 Å². The van der Waals surface area contributed by atoms with Crippen LogP contribution in [0.1, 0.15) is 29.8 Å². The molecule has 0 aliphatic heterocycles. The fraction of sp³-hybridized carbons (Fsp3) is 0.316. The van der Waals surface area contributed by atoms with Gasteiger partial charge in [0, 0.05) is 31.1 Å². The van der Waals surface area contributed by atoms with Crippen molar-refractivity contribution in [3.05, 3.63) is 63.6 Å². The lowest BCUT2D eigenvalue weighted by molar-refractivity contribution is 0.0945. The highest BCUT2D eigenvalue weighted by Crippen LogP contribution is 2.25. The Bertz CT molecular complexity index is 940. The maximum Gasteiger partial charge on any atom is 0.252 e. The summed E-state index contributed by atoms with van der Waals surface area (Å²) in [7, 11) is -0.800. The van der Waals surface area contributed by atoms with Gasteiger partial charge in [0.1, 0.15) is 0 Å². The van der Waals surface area contributed by atoms with Crippen molar-refractivity contribution in [2.45, 2.75) is 24.2 Å². The lowest BCUT2D eigenvalue weighted by Gasteiger charge is -2.26. The van der Waals surface area contributed by atoms with Crippen LogP contribution in [0.4, 0.5) is 0 Å².